The van der Waals surface area contributed by atoms with Gasteiger partial charge in [-0.1, -0.05) is 63.3 Å². The van der Waals surface area contributed by atoms with Crippen molar-refractivity contribution in [2.45, 2.75) is 69.3 Å². The van der Waals surface area contributed by atoms with Gasteiger partial charge < -0.3 is 4.43 Å². The van der Waals surface area contributed by atoms with Crippen LogP contribution >= 0.6 is 0 Å². The van der Waals surface area contributed by atoms with Crippen molar-refractivity contribution in [3.8, 4) is 0 Å². The van der Waals surface area contributed by atoms with Crippen molar-refractivity contribution in [2.75, 3.05) is 6.54 Å². The summed E-state index contributed by atoms with van der Waals surface area (Å²) in [7, 11) is -5.62. The van der Waals surface area contributed by atoms with Crippen molar-refractivity contribution in [1.82, 2.24) is 4.31 Å². The Kier molecular flexibility index (Phi) is 7.16. The predicted octanol–water partition coefficient (Wildman–Crippen LogP) is 5.45. The zero-order valence-corrected chi connectivity index (χ0v) is 20.4. The first-order chi connectivity index (χ1) is 13.3. The van der Waals surface area contributed by atoms with Crippen LogP contribution in [0.2, 0.25) is 18.1 Å². The number of benzene rings is 1. The second kappa shape index (κ2) is 8.72. The van der Waals surface area contributed by atoms with Crippen LogP contribution in [0.5, 0.6) is 0 Å². The molecule has 0 saturated heterocycles. The summed E-state index contributed by atoms with van der Waals surface area (Å²) < 4.78 is 34.7. The summed E-state index contributed by atoms with van der Waals surface area (Å²) in [6.45, 7) is 21.0. The number of rotatable bonds is 8. The van der Waals surface area contributed by atoms with Crippen LogP contribution in [0.1, 0.15) is 32.8 Å². The molecule has 0 aliphatic carbocycles. The van der Waals surface area contributed by atoms with Crippen LogP contribution in [0, 0.1) is 6.92 Å². The van der Waals surface area contributed by atoms with Gasteiger partial charge >= 0.3 is 0 Å². The van der Waals surface area contributed by atoms with E-state index in [1.165, 1.54) is 0 Å². The Bertz CT molecular complexity index is 880. The van der Waals surface area contributed by atoms with Gasteiger partial charge in [-0.25, -0.2) is 8.42 Å². The standard InChI is InChI=1S/C23H35NO3SSi/c1-9-19-15-20(16-21(10-2)27-29(7,8)23(4,5)6)24(17-19)28(25,26)22-13-11-18(3)12-14-22/h9-15,20-21H,1-2,16-17H2,3-8H3/t20-,21-/m0/s1. The molecule has 0 aromatic heterocycles. The van der Waals surface area contributed by atoms with Crippen molar-refractivity contribution in [3.05, 3.63) is 66.8 Å². The molecule has 0 amide bonds. The number of nitrogens with zero attached hydrogens (tertiary/aromatic N) is 1. The van der Waals surface area contributed by atoms with Crippen molar-refractivity contribution in [1.29, 1.82) is 0 Å². The first-order valence-corrected chi connectivity index (χ1v) is 14.4. The largest absolute Gasteiger partial charge is 0.410 e. The van der Waals surface area contributed by atoms with Crippen LogP contribution in [0.25, 0.3) is 0 Å². The molecular weight excluding hydrogens is 398 g/mol. The normalized spacial score (nSPS) is 19.7. The fourth-order valence-corrected chi connectivity index (χ4v) is 5.97. The molecule has 160 valence electrons. The minimum absolute atomic E-state index is 0.0692. The Hall–Kier alpha value is -1.47. The van der Waals surface area contributed by atoms with Crippen LogP contribution in [-0.4, -0.2) is 39.7 Å². The van der Waals surface area contributed by atoms with E-state index in [0.29, 0.717) is 17.9 Å². The summed E-state index contributed by atoms with van der Waals surface area (Å²) in [5, 5.41) is 0.0692. The summed E-state index contributed by atoms with van der Waals surface area (Å²) >= 11 is 0. The number of aryl methyl sites for hydroxylation is 1. The Morgan fingerprint density at radius 2 is 1.83 bits per heavy atom. The van der Waals surface area contributed by atoms with E-state index in [9.17, 15) is 8.42 Å². The second-order valence-electron chi connectivity index (χ2n) is 9.26. The lowest BCUT2D eigenvalue weighted by atomic mass is 10.1. The topological polar surface area (TPSA) is 46.6 Å². The molecular formula is C23H35NO3SSi. The maximum absolute atomic E-state index is 13.3. The summed E-state index contributed by atoms with van der Waals surface area (Å²) in [5.41, 5.74) is 1.95. The molecule has 1 aromatic rings. The summed E-state index contributed by atoms with van der Waals surface area (Å²) in [5.74, 6) is 0. The van der Waals surface area contributed by atoms with Gasteiger partial charge in [0, 0.05) is 12.6 Å². The van der Waals surface area contributed by atoms with Crippen molar-refractivity contribution < 1.29 is 12.8 Å². The molecule has 0 spiro atoms. The SMILES string of the molecule is C=CC1=C[C@@H](C[C@H](C=C)O[Si](C)(C)C(C)(C)C)N(S(=O)(=O)c2ccc(C)cc2)C1. The Morgan fingerprint density at radius 3 is 2.31 bits per heavy atom. The van der Waals surface area contributed by atoms with Crippen LogP contribution in [0.15, 0.2) is 66.1 Å². The third-order valence-corrected chi connectivity index (χ3v) is 12.4. The van der Waals surface area contributed by atoms with Gasteiger partial charge in [0.2, 0.25) is 10.0 Å². The van der Waals surface area contributed by atoms with Crippen LogP contribution in [0.4, 0.5) is 0 Å². The second-order valence-corrected chi connectivity index (χ2v) is 15.9. The van der Waals surface area contributed by atoms with Crippen molar-refractivity contribution >= 4 is 18.3 Å². The molecule has 29 heavy (non-hydrogen) atoms. The van der Waals surface area contributed by atoms with E-state index in [0.717, 1.165) is 11.1 Å². The average Bonchev–Trinajstić information content (AvgIpc) is 3.04. The average molecular weight is 434 g/mol. The minimum Gasteiger partial charge on any atom is -0.410 e. The van der Waals surface area contributed by atoms with Gasteiger partial charge in [0.15, 0.2) is 8.32 Å². The number of hydrogen-bond acceptors (Lipinski definition) is 3. The van der Waals surface area contributed by atoms with E-state index in [1.54, 1.807) is 28.6 Å². The summed E-state index contributed by atoms with van der Waals surface area (Å²) in [4.78, 5) is 0.312. The number of hydrogen-bond donors (Lipinski definition) is 0. The van der Waals surface area contributed by atoms with Crippen LogP contribution in [-0.2, 0) is 14.4 Å². The lowest BCUT2D eigenvalue weighted by Gasteiger charge is -2.39. The first kappa shape index (κ1) is 23.8. The Labute approximate surface area is 178 Å². The van der Waals surface area contributed by atoms with Gasteiger partial charge in [-0.3, -0.25) is 0 Å². The molecule has 0 radical (unpaired) electrons. The van der Waals surface area contributed by atoms with Gasteiger partial charge in [0.05, 0.1) is 11.0 Å². The fourth-order valence-electron chi connectivity index (χ4n) is 3.09. The lowest BCUT2D eigenvalue weighted by Crippen LogP contribution is -2.45. The van der Waals surface area contributed by atoms with E-state index in [2.05, 4.69) is 47.0 Å². The van der Waals surface area contributed by atoms with Gasteiger partial charge in [-0.15, -0.1) is 6.58 Å². The van der Waals surface area contributed by atoms with Gasteiger partial charge in [0.25, 0.3) is 0 Å². The fraction of sp³-hybridized carbons (Fsp3) is 0.478. The molecule has 1 aromatic carbocycles. The monoisotopic (exact) mass is 433 g/mol. The maximum atomic E-state index is 13.3. The molecule has 4 nitrogen and oxygen atoms in total. The maximum Gasteiger partial charge on any atom is 0.243 e. The highest BCUT2D eigenvalue weighted by molar-refractivity contribution is 7.89. The Balaban J connectivity index is 2.30. The molecule has 0 fully saturated rings. The summed E-state index contributed by atoms with van der Waals surface area (Å²) in [6, 6.07) is 6.71. The van der Waals surface area contributed by atoms with E-state index >= 15 is 0 Å². The third-order valence-electron chi connectivity index (χ3n) is 5.99. The summed E-state index contributed by atoms with van der Waals surface area (Å²) in [6.07, 6.45) is 5.85. The Morgan fingerprint density at radius 1 is 1.24 bits per heavy atom. The molecule has 1 aliphatic rings. The molecule has 0 N–H and O–H groups in total. The van der Waals surface area contributed by atoms with E-state index in [4.69, 9.17) is 4.43 Å². The van der Waals surface area contributed by atoms with Gasteiger partial charge in [-0.2, -0.15) is 4.31 Å². The van der Waals surface area contributed by atoms with Gasteiger partial charge in [0.1, 0.15) is 0 Å². The zero-order chi connectivity index (χ0) is 22.0. The molecule has 6 heteroatoms. The highest BCUT2D eigenvalue weighted by Crippen LogP contribution is 2.38. The van der Waals surface area contributed by atoms with Crippen LogP contribution < -0.4 is 0 Å². The number of sulfonamides is 1. The van der Waals surface area contributed by atoms with E-state index in [1.807, 2.05) is 25.1 Å². The molecule has 0 bridgehead atoms. The highest BCUT2D eigenvalue weighted by atomic mass is 32.2. The molecule has 0 unspecified atom stereocenters. The van der Waals surface area contributed by atoms with Gasteiger partial charge in [-0.05, 0) is 49.2 Å². The van der Waals surface area contributed by atoms with Crippen molar-refractivity contribution in [2.24, 2.45) is 0 Å². The molecule has 1 heterocycles. The highest BCUT2D eigenvalue weighted by Gasteiger charge is 2.41. The predicted molar refractivity (Wildman–Crippen MR) is 124 cm³/mol. The molecule has 2 atom stereocenters. The van der Waals surface area contributed by atoms with E-state index < -0.39 is 18.3 Å². The lowest BCUT2D eigenvalue weighted by molar-refractivity contribution is 0.194. The minimum atomic E-state index is -3.62. The molecule has 0 saturated carbocycles. The smallest absolute Gasteiger partial charge is 0.243 e. The molecule has 2 rings (SSSR count). The molecule has 1 aliphatic heterocycles. The quantitative estimate of drug-likeness (QED) is 0.405. The first-order valence-electron chi connectivity index (χ1n) is 10.0. The van der Waals surface area contributed by atoms with E-state index in [-0.39, 0.29) is 17.2 Å². The third kappa shape index (κ3) is 5.37. The zero-order valence-electron chi connectivity index (χ0n) is 18.6. The van der Waals surface area contributed by atoms with Crippen LogP contribution in [0.3, 0.4) is 0 Å². The van der Waals surface area contributed by atoms with Crippen molar-refractivity contribution in [3.63, 3.8) is 0 Å².